The topological polar surface area (TPSA) is 27.6 Å². The second-order valence-electron chi connectivity index (χ2n) is 4.04. The molecule has 0 amide bonds. The van der Waals surface area contributed by atoms with Gasteiger partial charge in [0.15, 0.2) is 0 Å². The van der Waals surface area contributed by atoms with Crippen LogP contribution in [0, 0.1) is 0 Å². The lowest BCUT2D eigenvalue weighted by Crippen LogP contribution is -2.50. The van der Waals surface area contributed by atoms with Gasteiger partial charge in [0.05, 0.1) is 6.54 Å². The molecule has 13 heavy (non-hydrogen) atoms. The number of hydrogen-bond acceptors (Lipinski definition) is 0. The number of rotatable bonds is 10. The summed E-state index contributed by atoms with van der Waals surface area (Å²) < 4.78 is 0. The molecular weight excluding hydrogens is 158 g/mol. The highest BCUT2D eigenvalue weighted by atomic mass is 14.5. The average Bonchev–Trinajstić information content (AvgIpc) is 2.16. The predicted octanol–water partition coefficient (Wildman–Crippen LogP) is 3.15. The molecule has 1 nitrogen and oxygen atoms in total. The van der Waals surface area contributed by atoms with Gasteiger partial charge in [-0.1, -0.05) is 58.3 Å². The summed E-state index contributed by atoms with van der Waals surface area (Å²) in [6.45, 7) is 3.40. The highest BCUT2D eigenvalue weighted by Crippen LogP contribution is 2.09. The first-order chi connectivity index (χ1) is 6.41. The van der Waals surface area contributed by atoms with Gasteiger partial charge in [-0.2, -0.15) is 0 Å². The van der Waals surface area contributed by atoms with Crippen LogP contribution in [0.4, 0.5) is 0 Å². The third-order valence-electron chi connectivity index (χ3n) is 2.60. The Balaban J connectivity index is 2.76. The van der Waals surface area contributed by atoms with E-state index < -0.39 is 0 Å². The molecule has 0 saturated carbocycles. The molecule has 0 fully saturated rings. The lowest BCUT2D eigenvalue weighted by atomic mass is 10.1. The average molecular weight is 186 g/mol. The molecule has 0 saturated heterocycles. The zero-order chi connectivity index (χ0) is 9.78. The number of quaternary nitrogens is 1. The summed E-state index contributed by atoms with van der Waals surface area (Å²) in [4.78, 5) is 0. The zero-order valence-corrected chi connectivity index (χ0v) is 9.49. The van der Waals surface area contributed by atoms with Crippen LogP contribution >= 0.6 is 0 Å². The third-order valence-corrected chi connectivity index (χ3v) is 2.60. The second-order valence-corrected chi connectivity index (χ2v) is 4.04. The predicted molar refractivity (Wildman–Crippen MR) is 59.6 cm³/mol. The lowest BCUT2D eigenvalue weighted by molar-refractivity contribution is -0.368. The Morgan fingerprint density at radius 1 is 0.615 bits per heavy atom. The van der Waals surface area contributed by atoms with Crippen LogP contribution in [0.15, 0.2) is 0 Å². The molecular formula is C12H28N+. The SMILES string of the molecule is CCCCCCCCCCCC[NH3+]. The van der Waals surface area contributed by atoms with Crippen LogP contribution in [0.25, 0.3) is 0 Å². The van der Waals surface area contributed by atoms with E-state index in [0.29, 0.717) is 0 Å². The summed E-state index contributed by atoms with van der Waals surface area (Å²) in [5.74, 6) is 0. The second kappa shape index (κ2) is 12.0. The van der Waals surface area contributed by atoms with Gasteiger partial charge in [-0.25, -0.2) is 0 Å². The fraction of sp³-hybridized carbons (Fsp3) is 1.00. The van der Waals surface area contributed by atoms with Gasteiger partial charge in [0.1, 0.15) is 0 Å². The lowest BCUT2D eigenvalue weighted by Gasteiger charge is -2.00. The van der Waals surface area contributed by atoms with E-state index in [4.69, 9.17) is 0 Å². The Kier molecular flexibility index (Phi) is 11.9. The van der Waals surface area contributed by atoms with Crippen LogP contribution < -0.4 is 5.73 Å². The van der Waals surface area contributed by atoms with E-state index in [1.165, 1.54) is 64.2 Å². The van der Waals surface area contributed by atoms with Crippen molar-refractivity contribution in [3.05, 3.63) is 0 Å². The maximum atomic E-state index is 3.85. The Hall–Kier alpha value is -0.0400. The Morgan fingerprint density at radius 2 is 1.00 bits per heavy atom. The Morgan fingerprint density at radius 3 is 1.38 bits per heavy atom. The van der Waals surface area contributed by atoms with E-state index >= 15 is 0 Å². The molecule has 0 aliphatic carbocycles. The van der Waals surface area contributed by atoms with Crippen LogP contribution in [0.1, 0.15) is 71.1 Å². The molecule has 0 heterocycles. The van der Waals surface area contributed by atoms with Crippen molar-refractivity contribution in [1.82, 2.24) is 0 Å². The fourth-order valence-corrected chi connectivity index (χ4v) is 1.66. The fourth-order valence-electron chi connectivity index (χ4n) is 1.66. The minimum Gasteiger partial charge on any atom is -0.358 e. The first-order valence-corrected chi connectivity index (χ1v) is 6.21. The summed E-state index contributed by atoms with van der Waals surface area (Å²) in [6.07, 6.45) is 14.2. The van der Waals surface area contributed by atoms with Gasteiger partial charge in [-0.3, -0.25) is 0 Å². The molecule has 0 aromatic heterocycles. The van der Waals surface area contributed by atoms with Crippen molar-refractivity contribution in [1.29, 1.82) is 0 Å². The summed E-state index contributed by atoms with van der Waals surface area (Å²) in [6, 6.07) is 0. The summed E-state index contributed by atoms with van der Waals surface area (Å²) >= 11 is 0. The molecule has 0 aliphatic rings. The molecule has 0 unspecified atom stereocenters. The molecule has 0 aliphatic heterocycles. The highest BCUT2D eigenvalue weighted by molar-refractivity contribution is 4.46. The molecule has 0 bridgehead atoms. The van der Waals surface area contributed by atoms with Gasteiger partial charge in [-0.15, -0.1) is 0 Å². The van der Waals surface area contributed by atoms with Crippen molar-refractivity contribution in [2.24, 2.45) is 0 Å². The van der Waals surface area contributed by atoms with E-state index in [0.717, 1.165) is 6.54 Å². The number of hydrogen-bond donors (Lipinski definition) is 1. The van der Waals surface area contributed by atoms with Crippen molar-refractivity contribution in [3.63, 3.8) is 0 Å². The molecule has 1 heteroatoms. The smallest absolute Gasteiger partial charge is 0.0739 e. The van der Waals surface area contributed by atoms with Crippen LogP contribution in [0.3, 0.4) is 0 Å². The molecule has 0 rings (SSSR count). The van der Waals surface area contributed by atoms with Crippen molar-refractivity contribution >= 4 is 0 Å². The van der Waals surface area contributed by atoms with Crippen LogP contribution in [-0.2, 0) is 0 Å². The first-order valence-electron chi connectivity index (χ1n) is 6.21. The third kappa shape index (κ3) is 12.0. The van der Waals surface area contributed by atoms with Crippen LogP contribution in [0.2, 0.25) is 0 Å². The summed E-state index contributed by atoms with van der Waals surface area (Å²) in [7, 11) is 0. The zero-order valence-electron chi connectivity index (χ0n) is 9.49. The van der Waals surface area contributed by atoms with Crippen molar-refractivity contribution in [3.8, 4) is 0 Å². The normalized spacial score (nSPS) is 10.6. The maximum absolute atomic E-state index is 3.85. The summed E-state index contributed by atoms with van der Waals surface area (Å²) in [5, 5.41) is 0. The minimum absolute atomic E-state index is 1.12. The van der Waals surface area contributed by atoms with Crippen molar-refractivity contribution in [2.75, 3.05) is 6.54 Å². The van der Waals surface area contributed by atoms with Gasteiger partial charge in [0.2, 0.25) is 0 Å². The first kappa shape index (κ1) is 13.0. The van der Waals surface area contributed by atoms with Gasteiger partial charge >= 0.3 is 0 Å². The highest BCUT2D eigenvalue weighted by Gasteiger charge is 1.91. The van der Waals surface area contributed by atoms with Crippen LogP contribution in [0.5, 0.6) is 0 Å². The van der Waals surface area contributed by atoms with Gasteiger partial charge < -0.3 is 5.73 Å². The van der Waals surface area contributed by atoms with E-state index in [9.17, 15) is 0 Å². The van der Waals surface area contributed by atoms with E-state index in [-0.39, 0.29) is 0 Å². The number of unbranched alkanes of at least 4 members (excludes halogenated alkanes) is 9. The quantitative estimate of drug-likeness (QED) is 0.508. The molecule has 0 radical (unpaired) electrons. The molecule has 0 aromatic rings. The van der Waals surface area contributed by atoms with Crippen molar-refractivity contribution < 1.29 is 5.73 Å². The summed E-state index contributed by atoms with van der Waals surface area (Å²) in [5.41, 5.74) is 3.85. The molecule has 3 N–H and O–H groups in total. The maximum Gasteiger partial charge on any atom is 0.0739 e. The monoisotopic (exact) mass is 186 g/mol. The Labute approximate surface area is 84.1 Å². The molecule has 0 atom stereocenters. The molecule has 0 aromatic carbocycles. The van der Waals surface area contributed by atoms with Gasteiger partial charge in [0.25, 0.3) is 0 Å². The van der Waals surface area contributed by atoms with E-state index in [2.05, 4.69) is 12.7 Å². The largest absolute Gasteiger partial charge is 0.358 e. The molecule has 80 valence electrons. The minimum atomic E-state index is 1.12. The van der Waals surface area contributed by atoms with Gasteiger partial charge in [-0.05, 0) is 12.8 Å². The van der Waals surface area contributed by atoms with E-state index in [1.54, 1.807) is 0 Å². The van der Waals surface area contributed by atoms with Crippen molar-refractivity contribution in [2.45, 2.75) is 71.1 Å². The molecule has 0 spiro atoms. The van der Waals surface area contributed by atoms with Crippen LogP contribution in [-0.4, -0.2) is 6.54 Å². The standard InChI is InChI=1S/C12H27N/c1-2-3-4-5-6-7-8-9-10-11-12-13/h2-13H2,1H3/p+1. The van der Waals surface area contributed by atoms with Gasteiger partial charge in [0, 0.05) is 0 Å². The Bertz CT molecular complexity index is 71.2. The van der Waals surface area contributed by atoms with E-state index in [1.807, 2.05) is 0 Å².